The first kappa shape index (κ1) is 16.3. The number of methoxy groups -OCH3 is 1. The molecule has 1 atom stereocenters. The summed E-state index contributed by atoms with van der Waals surface area (Å²) < 4.78 is 11.4. The third-order valence-corrected chi connectivity index (χ3v) is 4.57. The van der Waals surface area contributed by atoms with Crippen molar-refractivity contribution in [3.8, 4) is 5.75 Å². The van der Waals surface area contributed by atoms with Crippen LogP contribution in [-0.4, -0.2) is 20.8 Å². The summed E-state index contributed by atoms with van der Waals surface area (Å²) in [7, 11) is 3.70. The van der Waals surface area contributed by atoms with Gasteiger partial charge in [-0.25, -0.2) is 0 Å². The van der Waals surface area contributed by atoms with Crippen molar-refractivity contribution in [2.45, 2.75) is 51.7 Å². The van der Waals surface area contributed by atoms with Gasteiger partial charge in [-0.2, -0.15) is 0 Å². The molecule has 0 heterocycles. The number of ether oxygens (including phenoxy) is 2. The summed E-state index contributed by atoms with van der Waals surface area (Å²) in [6.45, 7) is 3.69. The molecule has 0 saturated heterocycles. The molecular formula is C18H29NO2. The van der Waals surface area contributed by atoms with Crippen LogP contribution in [0.3, 0.4) is 0 Å². The van der Waals surface area contributed by atoms with Gasteiger partial charge in [-0.3, -0.25) is 0 Å². The molecule has 0 spiro atoms. The third kappa shape index (κ3) is 4.72. The van der Waals surface area contributed by atoms with Gasteiger partial charge in [-0.1, -0.05) is 25.3 Å². The standard InChI is InChI=1S/C18H29NO2/c1-14(19-2)16-9-10-18(20-3)17(11-16)13-21-12-15-7-5-4-6-8-15/h9-11,14-15,19H,4-8,12-13H2,1-3H3. The molecule has 21 heavy (non-hydrogen) atoms. The van der Waals surface area contributed by atoms with E-state index in [-0.39, 0.29) is 0 Å². The van der Waals surface area contributed by atoms with E-state index in [9.17, 15) is 0 Å². The molecule has 0 aliphatic heterocycles. The van der Waals surface area contributed by atoms with E-state index in [0.29, 0.717) is 12.6 Å². The van der Waals surface area contributed by atoms with E-state index in [1.54, 1.807) is 7.11 Å². The van der Waals surface area contributed by atoms with Gasteiger partial charge in [-0.15, -0.1) is 0 Å². The summed E-state index contributed by atoms with van der Waals surface area (Å²) in [4.78, 5) is 0. The van der Waals surface area contributed by atoms with Crippen LogP contribution in [0.1, 0.15) is 56.2 Å². The summed E-state index contributed by atoms with van der Waals surface area (Å²) in [5.74, 6) is 1.68. The van der Waals surface area contributed by atoms with Crippen LogP contribution in [0, 0.1) is 5.92 Å². The number of rotatable bonds is 7. The van der Waals surface area contributed by atoms with Crippen LogP contribution in [0.15, 0.2) is 18.2 Å². The van der Waals surface area contributed by atoms with Crippen molar-refractivity contribution in [3.63, 3.8) is 0 Å². The highest BCUT2D eigenvalue weighted by Gasteiger charge is 2.14. The Morgan fingerprint density at radius 1 is 1.24 bits per heavy atom. The van der Waals surface area contributed by atoms with E-state index >= 15 is 0 Å². The fourth-order valence-electron chi connectivity index (χ4n) is 3.04. The lowest BCUT2D eigenvalue weighted by Gasteiger charge is -2.21. The fourth-order valence-corrected chi connectivity index (χ4v) is 3.04. The number of hydrogen-bond donors (Lipinski definition) is 1. The minimum absolute atomic E-state index is 0.341. The van der Waals surface area contributed by atoms with E-state index < -0.39 is 0 Å². The molecule has 0 radical (unpaired) electrons. The maximum absolute atomic E-state index is 5.97. The van der Waals surface area contributed by atoms with Crippen molar-refractivity contribution in [1.29, 1.82) is 0 Å². The molecule has 3 nitrogen and oxygen atoms in total. The Bertz CT molecular complexity index is 427. The van der Waals surface area contributed by atoms with E-state index in [2.05, 4.69) is 24.4 Å². The van der Waals surface area contributed by atoms with Crippen LogP contribution in [0.25, 0.3) is 0 Å². The maximum atomic E-state index is 5.97. The van der Waals surface area contributed by atoms with E-state index in [0.717, 1.165) is 23.8 Å². The Balaban J connectivity index is 1.93. The lowest BCUT2D eigenvalue weighted by atomic mass is 9.90. The highest BCUT2D eigenvalue weighted by molar-refractivity contribution is 5.38. The van der Waals surface area contributed by atoms with Crippen LogP contribution in [0.4, 0.5) is 0 Å². The molecule has 1 aliphatic rings. The molecule has 1 N–H and O–H groups in total. The number of benzene rings is 1. The monoisotopic (exact) mass is 291 g/mol. The van der Waals surface area contributed by atoms with E-state index in [1.807, 2.05) is 13.1 Å². The normalized spacial score (nSPS) is 17.7. The molecule has 1 fully saturated rings. The minimum atomic E-state index is 0.341. The second-order valence-corrected chi connectivity index (χ2v) is 6.10. The van der Waals surface area contributed by atoms with Gasteiger partial charge >= 0.3 is 0 Å². The Labute approximate surface area is 129 Å². The number of nitrogens with one attached hydrogen (secondary N) is 1. The second kappa shape index (κ2) is 8.40. The molecule has 118 valence electrons. The zero-order chi connectivity index (χ0) is 15.1. The quantitative estimate of drug-likeness (QED) is 0.821. The molecular weight excluding hydrogens is 262 g/mol. The van der Waals surface area contributed by atoms with Gasteiger partial charge in [0.1, 0.15) is 5.75 Å². The highest BCUT2D eigenvalue weighted by atomic mass is 16.5. The Morgan fingerprint density at radius 3 is 2.67 bits per heavy atom. The van der Waals surface area contributed by atoms with E-state index in [4.69, 9.17) is 9.47 Å². The zero-order valence-electron chi connectivity index (χ0n) is 13.7. The van der Waals surface area contributed by atoms with Crippen molar-refractivity contribution in [2.75, 3.05) is 20.8 Å². The molecule has 0 aromatic heterocycles. The van der Waals surface area contributed by atoms with Crippen LogP contribution >= 0.6 is 0 Å². The smallest absolute Gasteiger partial charge is 0.124 e. The molecule has 1 saturated carbocycles. The van der Waals surface area contributed by atoms with Crippen molar-refractivity contribution >= 4 is 0 Å². The predicted molar refractivity (Wildman–Crippen MR) is 86.7 cm³/mol. The van der Waals surface area contributed by atoms with Crippen molar-refractivity contribution in [1.82, 2.24) is 5.32 Å². The van der Waals surface area contributed by atoms with Crippen molar-refractivity contribution in [3.05, 3.63) is 29.3 Å². The van der Waals surface area contributed by atoms with Gasteiger partial charge in [0.15, 0.2) is 0 Å². The predicted octanol–water partition coefficient (Wildman–Crippen LogP) is 4.07. The fraction of sp³-hybridized carbons (Fsp3) is 0.667. The molecule has 3 heteroatoms. The summed E-state index contributed by atoms with van der Waals surface area (Å²) in [5.41, 5.74) is 2.42. The SMILES string of the molecule is CNC(C)c1ccc(OC)c(COCC2CCCCC2)c1. The van der Waals surface area contributed by atoms with Gasteiger partial charge in [0, 0.05) is 18.2 Å². The van der Waals surface area contributed by atoms with Gasteiger partial charge in [0.25, 0.3) is 0 Å². The first-order chi connectivity index (χ1) is 10.2. The average molecular weight is 291 g/mol. The molecule has 1 aromatic rings. The maximum Gasteiger partial charge on any atom is 0.124 e. The van der Waals surface area contributed by atoms with Crippen molar-refractivity contribution in [2.24, 2.45) is 5.92 Å². The molecule has 0 amide bonds. The minimum Gasteiger partial charge on any atom is -0.496 e. The van der Waals surface area contributed by atoms with E-state index in [1.165, 1.54) is 37.7 Å². The van der Waals surface area contributed by atoms with Gasteiger partial charge in [0.05, 0.1) is 13.7 Å². The summed E-state index contributed by atoms with van der Waals surface area (Å²) in [5, 5.41) is 3.27. The molecule has 2 rings (SSSR count). The molecule has 1 unspecified atom stereocenters. The van der Waals surface area contributed by atoms with Crippen LogP contribution in [-0.2, 0) is 11.3 Å². The zero-order valence-corrected chi connectivity index (χ0v) is 13.7. The topological polar surface area (TPSA) is 30.5 Å². The first-order valence-corrected chi connectivity index (χ1v) is 8.16. The van der Waals surface area contributed by atoms with Gasteiger partial charge < -0.3 is 14.8 Å². The summed E-state index contributed by atoms with van der Waals surface area (Å²) in [6.07, 6.45) is 6.79. The second-order valence-electron chi connectivity index (χ2n) is 6.10. The van der Waals surface area contributed by atoms with Crippen LogP contribution < -0.4 is 10.1 Å². The first-order valence-electron chi connectivity index (χ1n) is 8.16. The van der Waals surface area contributed by atoms with Crippen LogP contribution in [0.5, 0.6) is 5.75 Å². The molecule has 1 aliphatic carbocycles. The third-order valence-electron chi connectivity index (χ3n) is 4.57. The van der Waals surface area contributed by atoms with Gasteiger partial charge in [-0.05, 0) is 50.4 Å². The lowest BCUT2D eigenvalue weighted by molar-refractivity contribution is 0.0727. The molecule has 1 aromatic carbocycles. The molecule has 0 bridgehead atoms. The Hall–Kier alpha value is -1.06. The Morgan fingerprint density at radius 2 is 2.00 bits per heavy atom. The Kier molecular flexibility index (Phi) is 6.52. The highest BCUT2D eigenvalue weighted by Crippen LogP contribution is 2.26. The summed E-state index contributed by atoms with van der Waals surface area (Å²) >= 11 is 0. The van der Waals surface area contributed by atoms with Crippen LogP contribution in [0.2, 0.25) is 0 Å². The van der Waals surface area contributed by atoms with Gasteiger partial charge in [0.2, 0.25) is 0 Å². The van der Waals surface area contributed by atoms with Crippen molar-refractivity contribution < 1.29 is 9.47 Å². The number of hydrogen-bond acceptors (Lipinski definition) is 3. The summed E-state index contributed by atoms with van der Waals surface area (Å²) in [6, 6.07) is 6.70. The lowest BCUT2D eigenvalue weighted by Crippen LogP contribution is -2.14. The largest absolute Gasteiger partial charge is 0.496 e. The average Bonchev–Trinajstić information content (AvgIpc) is 2.55.